The number of nitrogens with zero attached hydrogens (tertiary/aromatic N) is 1. The Bertz CT molecular complexity index is 346. The molecule has 0 aliphatic rings. The quantitative estimate of drug-likeness (QED) is 0.700. The van der Waals surface area contributed by atoms with Crippen LogP contribution in [0.1, 0.15) is 10.6 Å². The standard InChI is InChI=1S/C5H8N2O2S2/c1-3-4(2)10-5(7-3)11(6,8)9/h1-2H3,(H2,6,8,9). The maximum Gasteiger partial charge on any atom is 0.265 e. The predicted octanol–water partition coefficient (Wildman–Crippen LogP) is 0.407. The Morgan fingerprint density at radius 1 is 1.45 bits per heavy atom. The average Bonchev–Trinajstić information content (AvgIpc) is 2.11. The van der Waals surface area contributed by atoms with Crippen LogP contribution in [0.5, 0.6) is 0 Å². The van der Waals surface area contributed by atoms with Crippen molar-refractivity contribution in [1.29, 1.82) is 0 Å². The van der Waals surface area contributed by atoms with Gasteiger partial charge >= 0.3 is 0 Å². The molecular weight excluding hydrogens is 184 g/mol. The van der Waals surface area contributed by atoms with Crippen LogP contribution in [0.15, 0.2) is 4.34 Å². The number of hydrogen-bond acceptors (Lipinski definition) is 4. The molecule has 0 aliphatic heterocycles. The summed E-state index contributed by atoms with van der Waals surface area (Å²) in [5, 5.41) is 4.86. The van der Waals surface area contributed by atoms with Crippen LogP contribution >= 0.6 is 11.3 Å². The molecule has 0 aromatic carbocycles. The second kappa shape index (κ2) is 2.54. The third-order valence-electron chi connectivity index (χ3n) is 1.25. The molecule has 0 radical (unpaired) electrons. The lowest BCUT2D eigenvalue weighted by molar-refractivity contribution is 0.597. The smallest absolute Gasteiger partial charge is 0.229 e. The van der Waals surface area contributed by atoms with Crippen molar-refractivity contribution < 1.29 is 8.42 Å². The molecule has 1 aromatic heterocycles. The van der Waals surface area contributed by atoms with Crippen molar-refractivity contribution in [1.82, 2.24) is 4.98 Å². The van der Waals surface area contributed by atoms with Gasteiger partial charge in [-0.25, -0.2) is 18.5 Å². The van der Waals surface area contributed by atoms with Gasteiger partial charge in [-0.15, -0.1) is 11.3 Å². The molecule has 62 valence electrons. The summed E-state index contributed by atoms with van der Waals surface area (Å²) in [4.78, 5) is 4.67. The number of hydrogen-bond donors (Lipinski definition) is 1. The minimum atomic E-state index is -3.60. The lowest BCUT2D eigenvalue weighted by Crippen LogP contribution is -2.11. The van der Waals surface area contributed by atoms with Gasteiger partial charge in [-0.3, -0.25) is 0 Å². The second-order valence-electron chi connectivity index (χ2n) is 2.17. The van der Waals surface area contributed by atoms with Crippen molar-refractivity contribution in [3.63, 3.8) is 0 Å². The molecular formula is C5H8N2O2S2. The number of rotatable bonds is 1. The Morgan fingerprint density at radius 3 is 2.18 bits per heavy atom. The normalized spacial score (nSPS) is 11.9. The van der Waals surface area contributed by atoms with Crippen molar-refractivity contribution in [2.24, 2.45) is 5.14 Å². The fraction of sp³-hybridized carbons (Fsp3) is 0.400. The van der Waals surface area contributed by atoms with Crippen LogP contribution in [0, 0.1) is 13.8 Å². The Morgan fingerprint density at radius 2 is 2.00 bits per heavy atom. The summed E-state index contributed by atoms with van der Waals surface area (Å²) in [6, 6.07) is 0. The molecule has 0 aliphatic carbocycles. The number of primary sulfonamides is 1. The Hall–Kier alpha value is -0.460. The van der Waals surface area contributed by atoms with Gasteiger partial charge in [0, 0.05) is 4.88 Å². The Kier molecular flexibility index (Phi) is 2.00. The first-order valence-corrected chi connectivity index (χ1v) is 5.24. The van der Waals surface area contributed by atoms with Crippen LogP contribution in [0.2, 0.25) is 0 Å². The molecule has 2 N–H and O–H groups in total. The van der Waals surface area contributed by atoms with Gasteiger partial charge in [0.2, 0.25) is 4.34 Å². The van der Waals surface area contributed by atoms with Crippen LogP contribution in [0.3, 0.4) is 0 Å². The molecule has 0 bridgehead atoms. The summed E-state index contributed by atoms with van der Waals surface area (Å²) < 4.78 is 21.4. The predicted molar refractivity (Wildman–Crippen MR) is 43.0 cm³/mol. The van der Waals surface area contributed by atoms with Gasteiger partial charge in [0.1, 0.15) is 0 Å². The number of thiazole rings is 1. The van der Waals surface area contributed by atoms with Crippen LogP contribution in [-0.2, 0) is 10.0 Å². The topological polar surface area (TPSA) is 73.0 Å². The zero-order chi connectivity index (χ0) is 8.65. The fourth-order valence-electron chi connectivity index (χ4n) is 0.565. The van der Waals surface area contributed by atoms with E-state index in [1.165, 1.54) is 0 Å². The van der Waals surface area contributed by atoms with Crippen molar-refractivity contribution in [2.75, 3.05) is 0 Å². The lowest BCUT2D eigenvalue weighted by atomic mass is 10.4. The molecule has 0 atom stereocenters. The molecule has 1 rings (SSSR count). The number of aryl methyl sites for hydroxylation is 2. The van der Waals surface area contributed by atoms with Gasteiger partial charge in [-0.1, -0.05) is 0 Å². The summed E-state index contributed by atoms with van der Waals surface area (Å²) >= 11 is 1.10. The second-order valence-corrected chi connectivity index (χ2v) is 5.10. The maximum absolute atomic E-state index is 10.7. The summed E-state index contributed by atoms with van der Waals surface area (Å²) in [6.07, 6.45) is 0. The van der Waals surface area contributed by atoms with E-state index in [9.17, 15) is 8.42 Å². The zero-order valence-electron chi connectivity index (χ0n) is 6.16. The molecule has 0 spiro atoms. The highest BCUT2D eigenvalue weighted by atomic mass is 32.2. The Labute approximate surface area is 69.1 Å². The van der Waals surface area contributed by atoms with E-state index in [1.807, 2.05) is 6.92 Å². The molecule has 11 heavy (non-hydrogen) atoms. The van der Waals surface area contributed by atoms with Crippen LogP contribution < -0.4 is 5.14 Å². The van der Waals surface area contributed by atoms with Crippen molar-refractivity contribution in [3.05, 3.63) is 10.6 Å². The lowest BCUT2D eigenvalue weighted by Gasteiger charge is -1.85. The highest BCUT2D eigenvalue weighted by Crippen LogP contribution is 2.19. The average molecular weight is 192 g/mol. The largest absolute Gasteiger partial charge is 0.265 e. The maximum atomic E-state index is 10.7. The van der Waals surface area contributed by atoms with Gasteiger partial charge in [0.15, 0.2) is 0 Å². The molecule has 1 aromatic rings. The van der Waals surface area contributed by atoms with Gasteiger partial charge in [-0.2, -0.15) is 0 Å². The van der Waals surface area contributed by atoms with E-state index in [0.717, 1.165) is 21.9 Å². The zero-order valence-corrected chi connectivity index (χ0v) is 7.79. The molecule has 0 amide bonds. The van der Waals surface area contributed by atoms with E-state index in [0.29, 0.717) is 0 Å². The van der Waals surface area contributed by atoms with Gasteiger partial charge in [-0.05, 0) is 13.8 Å². The minimum Gasteiger partial charge on any atom is -0.229 e. The van der Waals surface area contributed by atoms with Crippen molar-refractivity contribution >= 4 is 21.4 Å². The van der Waals surface area contributed by atoms with Crippen molar-refractivity contribution in [3.8, 4) is 0 Å². The van der Waals surface area contributed by atoms with Gasteiger partial charge in [0.25, 0.3) is 10.0 Å². The highest BCUT2D eigenvalue weighted by Gasteiger charge is 2.13. The molecule has 0 saturated heterocycles. The number of aromatic nitrogens is 1. The van der Waals surface area contributed by atoms with Crippen LogP contribution in [0.25, 0.3) is 0 Å². The molecule has 4 nitrogen and oxygen atoms in total. The van der Waals surface area contributed by atoms with E-state index in [4.69, 9.17) is 5.14 Å². The third-order valence-corrected chi connectivity index (χ3v) is 3.64. The molecule has 0 unspecified atom stereocenters. The van der Waals surface area contributed by atoms with Gasteiger partial charge < -0.3 is 0 Å². The summed E-state index contributed by atoms with van der Waals surface area (Å²) in [6.45, 7) is 3.56. The highest BCUT2D eigenvalue weighted by molar-refractivity contribution is 7.91. The first-order chi connectivity index (χ1) is 4.91. The first-order valence-electron chi connectivity index (χ1n) is 2.88. The van der Waals surface area contributed by atoms with E-state index in [-0.39, 0.29) is 4.34 Å². The van der Waals surface area contributed by atoms with E-state index >= 15 is 0 Å². The number of nitrogens with two attached hydrogens (primary N) is 1. The van der Waals surface area contributed by atoms with E-state index in [1.54, 1.807) is 6.92 Å². The first kappa shape index (κ1) is 8.63. The molecule has 0 saturated carbocycles. The summed E-state index contributed by atoms with van der Waals surface area (Å²) in [5.74, 6) is 0. The monoisotopic (exact) mass is 192 g/mol. The van der Waals surface area contributed by atoms with E-state index in [2.05, 4.69) is 4.98 Å². The van der Waals surface area contributed by atoms with Crippen LogP contribution in [-0.4, -0.2) is 13.4 Å². The Balaban J connectivity index is 3.29. The summed E-state index contributed by atoms with van der Waals surface area (Å²) in [7, 11) is -3.60. The van der Waals surface area contributed by atoms with E-state index < -0.39 is 10.0 Å². The molecule has 0 fully saturated rings. The minimum absolute atomic E-state index is 0.00694. The van der Waals surface area contributed by atoms with Crippen LogP contribution in [0.4, 0.5) is 0 Å². The van der Waals surface area contributed by atoms with Gasteiger partial charge in [0.05, 0.1) is 5.69 Å². The molecule has 6 heteroatoms. The third kappa shape index (κ3) is 1.76. The summed E-state index contributed by atoms with van der Waals surface area (Å²) in [5.41, 5.74) is 0.721. The fourth-order valence-corrected chi connectivity index (χ4v) is 2.31. The number of sulfonamides is 1. The van der Waals surface area contributed by atoms with Crippen molar-refractivity contribution in [2.45, 2.75) is 18.2 Å². The SMILES string of the molecule is Cc1nc(S(N)(=O)=O)sc1C. The molecule has 1 heterocycles.